The van der Waals surface area contributed by atoms with Crippen LogP contribution in [0.5, 0.6) is 0 Å². The summed E-state index contributed by atoms with van der Waals surface area (Å²) in [5.41, 5.74) is 0.915. The van der Waals surface area contributed by atoms with Gasteiger partial charge in [-0.25, -0.2) is 0 Å². The van der Waals surface area contributed by atoms with E-state index in [1.165, 1.54) is 70.9 Å². The first kappa shape index (κ1) is 12.0. The third kappa shape index (κ3) is 2.26. The van der Waals surface area contributed by atoms with Crippen LogP contribution in [0.4, 0.5) is 0 Å². The molecule has 3 aliphatic rings. The van der Waals surface area contributed by atoms with E-state index in [9.17, 15) is 0 Å². The topological polar surface area (TPSA) is 21.3 Å². The summed E-state index contributed by atoms with van der Waals surface area (Å²) in [5.74, 6) is 0. The molecule has 2 heteroatoms. The van der Waals surface area contributed by atoms with Gasteiger partial charge >= 0.3 is 0 Å². The third-order valence-corrected chi connectivity index (χ3v) is 5.29. The average Bonchev–Trinajstić information content (AvgIpc) is 2.87. The predicted molar refractivity (Wildman–Crippen MR) is 70.1 cm³/mol. The lowest BCUT2D eigenvalue weighted by Gasteiger charge is -2.44. The van der Waals surface area contributed by atoms with E-state index in [-0.39, 0.29) is 0 Å². The maximum Gasteiger partial charge on any atom is 0.0687 e. The molecule has 98 valence electrons. The molecular formula is C15H27NO. The zero-order chi connectivity index (χ0) is 11.8. The van der Waals surface area contributed by atoms with Crippen LogP contribution in [0.2, 0.25) is 0 Å². The second-order valence-corrected chi connectivity index (χ2v) is 6.73. The molecular weight excluding hydrogens is 210 g/mol. The van der Waals surface area contributed by atoms with Gasteiger partial charge in [-0.2, -0.15) is 0 Å². The monoisotopic (exact) mass is 237 g/mol. The van der Waals surface area contributed by atoms with Crippen LogP contribution in [-0.2, 0) is 4.74 Å². The van der Waals surface area contributed by atoms with Crippen LogP contribution in [0.15, 0.2) is 0 Å². The molecule has 1 aliphatic carbocycles. The molecule has 0 amide bonds. The van der Waals surface area contributed by atoms with Gasteiger partial charge in [-0.3, -0.25) is 0 Å². The number of hydrogen-bond donors (Lipinski definition) is 1. The minimum absolute atomic E-state index is 0.329. The molecule has 0 aromatic heterocycles. The summed E-state index contributed by atoms with van der Waals surface area (Å²) in [6.45, 7) is 4.77. The lowest BCUT2D eigenvalue weighted by Crippen LogP contribution is -2.54. The molecule has 0 radical (unpaired) electrons. The van der Waals surface area contributed by atoms with E-state index in [0.29, 0.717) is 17.1 Å². The average molecular weight is 237 g/mol. The van der Waals surface area contributed by atoms with Gasteiger partial charge in [-0.05, 0) is 43.9 Å². The van der Waals surface area contributed by atoms with Crippen LogP contribution in [0.1, 0.15) is 64.7 Å². The van der Waals surface area contributed by atoms with Crippen molar-refractivity contribution in [1.29, 1.82) is 0 Å². The van der Waals surface area contributed by atoms with Crippen molar-refractivity contribution in [3.8, 4) is 0 Å². The summed E-state index contributed by atoms with van der Waals surface area (Å²) in [6, 6.07) is 0. The van der Waals surface area contributed by atoms with Gasteiger partial charge in [-0.15, -0.1) is 0 Å². The van der Waals surface area contributed by atoms with Gasteiger partial charge in [0, 0.05) is 13.1 Å². The summed E-state index contributed by atoms with van der Waals surface area (Å²) in [5, 5.41) is 3.47. The Bertz CT molecular complexity index is 266. The molecule has 1 spiro atoms. The van der Waals surface area contributed by atoms with Gasteiger partial charge in [0.15, 0.2) is 0 Å². The van der Waals surface area contributed by atoms with Crippen molar-refractivity contribution in [3.05, 3.63) is 0 Å². The second kappa shape index (κ2) is 4.55. The molecule has 3 fully saturated rings. The number of rotatable bonds is 4. The van der Waals surface area contributed by atoms with Crippen LogP contribution in [-0.4, -0.2) is 24.8 Å². The number of hydrogen-bond acceptors (Lipinski definition) is 2. The van der Waals surface area contributed by atoms with Crippen LogP contribution in [0, 0.1) is 5.41 Å². The summed E-state index contributed by atoms with van der Waals surface area (Å²) in [6.07, 6.45) is 12.7. The molecule has 2 saturated heterocycles. The van der Waals surface area contributed by atoms with E-state index in [2.05, 4.69) is 12.2 Å². The van der Waals surface area contributed by atoms with E-state index in [0.717, 1.165) is 0 Å². The van der Waals surface area contributed by atoms with Gasteiger partial charge in [-0.1, -0.05) is 26.2 Å². The largest absolute Gasteiger partial charge is 0.372 e. The standard InChI is InChI=1S/C15H27NO/c1-2-6-14(11-16-12-14)10-13-5-9-15(17-13)7-3-4-8-15/h13,16H,2-12H2,1H3. The molecule has 2 aliphatic heterocycles. The fourth-order valence-electron chi connectivity index (χ4n) is 4.34. The summed E-state index contributed by atoms with van der Waals surface area (Å²) in [7, 11) is 0. The van der Waals surface area contributed by atoms with E-state index in [1.807, 2.05) is 0 Å². The minimum atomic E-state index is 0.329. The lowest BCUT2D eigenvalue weighted by molar-refractivity contribution is -0.0613. The molecule has 17 heavy (non-hydrogen) atoms. The van der Waals surface area contributed by atoms with Crippen LogP contribution >= 0.6 is 0 Å². The first-order valence-corrected chi connectivity index (χ1v) is 7.65. The van der Waals surface area contributed by atoms with Gasteiger partial charge in [0.1, 0.15) is 0 Å². The van der Waals surface area contributed by atoms with Gasteiger partial charge < -0.3 is 10.1 Å². The molecule has 1 N–H and O–H groups in total. The van der Waals surface area contributed by atoms with Gasteiger partial charge in [0.25, 0.3) is 0 Å². The van der Waals surface area contributed by atoms with E-state index in [1.54, 1.807) is 0 Å². The molecule has 3 rings (SSSR count). The Morgan fingerprint density at radius 3 is 2.53 bits per heavy atom. The third-order valence-electron chi connectivity index (χ3n) is 5.29. The molecule has 0 aromatic carbocycles. The molecule has 0 aromatic rings. The normalized spacial score (nSPS) is 34.1. The highest BCUT2D eigenvalue weighted by Gasteiger charge is 2.46. The molecule has 1 atom stereocenters. The Morgan fingerprint density at radius 1 is 1.18 bits per heavy atom. The first-order valence-electron chi connectivity index (χ1n) is 7.65. The smallest absolute Gasteiger partial charge is 0.0687 e. The molecule has 2 heterocycles. The SMILES string of the molecule is CCCC1(CC2CCC3(CCCC3)O2)CNC1. The van der Waals surface area contributed by atoms with Crippen molar-refractivity contribution < 1.29 is 4.74 Å². The Kier molecular flexibility index (Phi) is 3.20. The number of ether oxygens (including phenoxy) is 1. The Hall–Kier alpha value is -0.0800. The van der Waals surface area contributed by atoms with Crippen LogP contribution in [0.25, 0.3) is 0 Å². The fourth-order valence-corrected chi connectivity index (χ4v) is 4.34. The zero-order valence-electron chi connectivity index (χ0n) is 11.3. The summed E-state index contributed by atoms with van der Waals surface area (Å²) >= 11 is 0. The van der Waals surface area contributed by atoms with E-state index < -0.39 is 0 Å². The Morgan fingerprint density at radius 2 is 1.94 bits per heavy atom. The summed E-state index contributed by atoms with van der Waals surface area (Å²) < 4.78 is 6.46. The zero-order valence-corrected chi connectivity index (χ0v) is 11.3. The second-order valence-electron chi connectivity index (χ2n) is 6.73. The van der Waals surface area contributed by atoms with E-state index >= 15 is 0 Å². The molecule has 2 nitrogen and oxygen atoms in total. The van der Waals surface area contributed by atoms with Gasteiger partial charge in [0.2, 0.25) is 0 Å². The van der Waals surface area contributed by atoms with Crippen molar-refractivity contribution in [1.82, 2.24) is 5.32 Å². The van der Waals surface area contributed by atoms with E-state index in [4.69, 9.17) is 4.74 Å². The van der Waals surface area contributed by atoms with Crippen LogP contribution in [0.3, 0.4) is 0 Å². The minimum Gasteiger partial charge on any atom is -0.372 e. The molecule has 1 saturated carbocycles. The van der Waals surface area contributed by atoms with Crippen molar-refractivity contribution in [2.75, 3.05) is 13.1 Å². The number of nitrogens with one attached hydrogen (secondary N) is 1. The Balaban J connectivity index is 1.56. The highest BCUT2D eigenvalue weighted by molar-refractivity contribution is 4.98. The Labute approximate surface area is 105 Å². The molecule has 1 unspecified atom stereocenters. The predicted octanol–water partition coefficient (Wildman–Crippen LogP) is 3.26. The lowest BCUT2D eigenvalue weighted by atomic mass is 9.73. The first-order chi connectivity index (χ1) is 8.26. The van der Waals surface area contributed by atoms with Crippen molar-refractivity contribution >= 4 is 0 Å². The maximum atomic E-state index is 6.46. The molecule has 0 bridgehead atoms. The highest BCUT2D eigenvalue weighted by atomic mass is 16.5. The van der Waals surface area contributed by atoms with Crippen molar-refractivity contribution in [3.63, 3.8) is 0 Å². The maximum absolute atomic E-state index is 6.46. The highest BCUT2D eigenvalue weighted by Crippen LogP contribution is 2.46. The summed E-state index contributed by atoms with van der Waals surface area (Å²) in [4.78, 5) is 0. The van der Waals surface area contributed by atoms with Crippen LogP contribution < -0.4 is 5.32 Å². The quantitative estimate of drug-likeness (QED) is 0.810. The van der Waals surface area contributed by atoms with Crippen molar-refractivity contribution in [2.45, 2.75) is 76.4 Å². The van der Waals surface area contributed by atoms with Gasteiger partial charge in [0.05, 0.1) is 11.7 Å². The fraction of sp³-hybridized carbons (Fsp3) is 1.00. The van der Waals surface area contributed by atoms with Crippen molar-refractivity contribution in [2.24, 2.45) is 5.41 Å².